The quantitative estimate of drug-likeness (QED) is 0.447. The molecule has 0 aliphatic rings. The van der Waals surface area contributed by atoms with Gasteiger partial charge in [0.2, 0.25) is 0 Å². The van der Waals surface area contributed by atoms with E-state index in [0.717, 1.165) is 0 Å². The van der Waals surface area contributed by atoms with Crippen molar-refractivity contribution in [1.29, 1.82) is 0 Å². The third-order valence-corrected chi connectivity index (χ3v) is 0. The predicted molar refractivity (Wildman–Crippen MR) is 5.81 cm³/mol. The van der Waals surface area contributed by atoms with Crippen molar-refractivity contribution in [1.82, 2.24) is 0 Å². The van der Waals surface area contributed by atoms with Gasteiger partial charge in [-0.1, -0.05) is 0 Å². The van der Waals surface area contributed by atoms with Crippen LogP contribution in [0.2, 0.25) is 0 Å². The van der Waals surface area contributed by atoms with Crippen molar-refractivity contribution in [2.45, 2.75) is 0 Å². The second-order valence-corrected chi connectivity index (χ2v) is 1.71. The number of hydrogen-bond donors (Lipinski definition) is 2. The molecule has 0 saturated heterocycles. The van der Waals surface area contributed by atoms with Crippen molar-refractivity contribution in [3.05, 3.63) is 0 Å². The van der Waals surface area contributed by atoms with Crippen LogP contribution in [0.15, 0.2) is 0 Å². The Morgan fingerprint density at radius 1 is 1.17 bits per heavy atom. The monoisotopic (exact) mass is 176 g/mol. The van der Waals surface area contributed by atoms with E-state index in [1.807, 2.05) is 0 Å². The second kappa shape index (κ2) is 2.69. The molecule has 1 radical (unpaired) electrons. The summed E-state index contributed by atoms with van der Waals surface area (Å²) < 4.78 is 31.8. The molecule has 0 aliphatic carbocycles. The van der Waals surface area contributed by atoms with Gasteiger partial charge in [0.15, 0.2) is 0 Å². The molecule has 0 aromatic heterocycles. The Morgan fingerprint density at radius 3 is 1.17 bits per heavy atom. The minimum absolute atomic E-state index is 0. The average molecular weight is 176 g/mol. The van der Waals surface area contributed by atoms with E-state index in [1.165, 1.54) is 0 Å². The van der Waals surface area contributed by atoms with E-state index in [-0.39, 0.29) is 17.1 Å². The van der Waals surface area contributed by atoms with Gasteiger partial charge < -0.3 is 0 Å². The summed E-state index contributed by atoms with van der Waals surface area (Å²) in [5, 5.41) is 0. The van der Waals surface area contributed by atoms with E-state index >= 15 is 0 Å². The summed E-state index contributed by atoms with van der Waals surface area (Å²) in [5.41, 5.74) is 0. The molecule has 0 aromatic rings. The van der Waals surface area contributed by atoms with Gasteiger partial charge in [-0.3, -0.25) is 0 Å². The summed E-state index contributed by atoms with van der Waals surface area (Å²) in [5.74, 6) is 0. The Morgan fingerprint density at radius 2 is 1.17 bits per heavy atom. The van der Waals surface area contributed by atoms with Crippen LogP contribution < -0.4 is 0 Å². The molecular formula is H2Mn2O4. The third kappa shape index (κ3) is 185. The zero-order valence-electron chi connectivity index (χ0n) is 2.47. The molecule has 0 amide bonds. The predicted octanol–water partition coefficient (Wildman–Crippen LogP) is -1.36. The fourth-order valence-electron chi connectivity index (χ4n) is 0. The van der Waals surface area contributed by atoms with E-state index in [0.29, 0.717) is 0 Å². The van der Waals surface area contributed by atoms with Crippen molar-refractivity contribution in [2.75, 3.05) is 0 Å². The maximum atomic E-state index is 8.80. The Balaban J connectivity index is 0. The first-order chi connectivity index (χ1) is 2.00. The Labute approximate surface area is 46.9 Å². The number of rotatable bonds is 0. The topological polar surface area (TPSA) is 74.6 Å². The molecule has 4 nitrogen and oxygen atoms in total. The van der Waals surface area contributed by atoms with Crippen molar-refractivity contribution in [3.8, 4) is 0 Å². The fraction of sp³-hybridized carbons (Fsp3) is 0. The molecular weight excluding hydrogens is 174 g/mol. The molecule has 0 spiro atoms. The maximum absolute atomic E-state index is 8.80. The second-order valence-electron chi connectivity index (χ2n) is 0.415. The zero-order chi connectivity index (χ0) is 4.50. The molecule has 0 bridgehead atoms. The van der Waals surface area contributed by atoms with Crippen molar-refractivity contribution in [3.63, 3.8) is 0 Å². The molecule has 0 atom stereocenters. The summed E-state index contributed by atoms with van der Waals surface area (Å²) in [7, 11) is 0. The van der Waals surface area contributed by atoms with Gasteiger partial charge in [-0.2, -0.15) is 0 Å². The summed E-state index contributed by atoms with van der Waals surface area (Å²) in [6.07, 6.45) is 0. The molecule has 0 unspecified atom stereocenters. The normalized spacial score (nSPS) is 9.67. The molecule has 40 valence electrons. The molecule has 6 heteroatoms. The van der Waals surface area contributed by atoms with Gasteiger partial charge in [0.1, 0.15) is 0 Å². The molecule has 0 saturated carbocycles. The first-order valence-electron chi connectivity index (χ1n) is 0.647. The first kappa shape index (κ1) is 9.75. The summed E-state index contributed by atoms with van der Waals surface area (Å²) >= 11 is -5.12. The van der Waals surface area contributed by atoms with E-state index in [1.54, 1.807) is 0 Å². The molecule has 2 N–H and O–H groups in total. The third-order valence-electron chi connectivity index (χ3n) is 0. The fourth-order valence-corrected chi connectivity index (χ4v) is 0. The van der Waals surface area contributed by atoms with Crippen LogP contribution in [0.25, 0.3) is 0 Å². The van der Waals surface area contributed by atoms with Gasteiger partial charge in [-0.25, -0.2) is 0 Å². The van der Waals surface area contributed by atoms with Gasteiger partial charge in [0.05, 0.1) is 0 Å². The molecule has 0 aliphatic heterocycles. The van der Waals surface area contributed by atoms with Crippen LogP contribution in [-0.2, 0) is 38.1 Å². The van der Waals surface area contributed by atoms with Crippen LogP contribution in [0.5, 0.6) is 0 Å². The van der Waals surface area contributed by atoms with Gasteiger partial charge in [-0.05, 0) is 0 Å². The van der Waals surface area contributed by atoms with Crippen LogP contribution >= 0.6 is 0 Å². The van der Waals surface area contributed by atoms with E-state index in [9.17, 15) is 0 Å². The SMILES string of the molecule is [Mn].[O]=[Mn](=[O])([OH])[OH]. The Hall–Kier alpha value is 0.559. The zero-order valence-corrected chi connectivity index (χ0v) is 4.83. The van der Waals surface area contributed by atoms with Crippen molar-refractivity contribution in [2.24, 2.45) is 0 Å². The molecule has 0 aromatic carbocycles. The van der Waals surface area contributed by atoms with Crippen LogP contribution in [0.1, 0.15) is 0 Å². The first-order valence-corrected chi connectivity index (χ1v) is 2.67. The van der Waals surface area contributed by atoms with Gasteiger partial charge in [0.25, 0.3) is 0 Å². The van der Waals surface area contributed by atoms with Crippen LogP contribution in [0.3, 0.4) is 0 Å². The van der Waals surface area contributed by atoms with E-state index in [4.69, 9.17) is 16.0 Å². The molecule has 0 fully saturated rings. The number of hydrogen-bond acceptors (Lipinski definition) is 2. The summed E-state index contributed by atoms with van der Waals surface area (Å²) in [6, 6.07) is 0. The van der Waals surface area contributed by atoms with E-state index in [2.05, 4.69) is 0 Å². The van der Waals surface area contributed by atoms with Crippen molar-refractivity contribution < 1.29 is 46.5 Å². The summed E-state index contributed by atoms with van der Waals surface area (Å²) in [4.78, 5) is 0. The van der Waals surface area contributed by atoms with Crippen LogP contribution in [0.4, 0.5) is 0 Å². The van der Waals surface area contributed by atoms with Crippen LogP contribution in [-0.4, -0.2) is 8.38 Å². The van der Waals surface area contributed by atoms with Gasteiger partial charge in [0, 0.05) is 17.1 Å². The molecule has 0 rings (SSSR count). The molecule has 6 heavy (non-hydrogen) atoms. The van der Waals surface area contributed by atoms with Crippen molar-refractivity contribution >= 4 is 0 Å². The summed E-state index contributed by atoms with van der Waals surface area (Å²) in [6.45, 7) is 0. The van der Waals surface area contributed by atoms with Gasteiger partial charge >= 0.3 is 29.4 Å². The van der Waals surface area contributed by atoms with Gasteiger partial charge in [-0.15, -0.1) is 0 Å². The Bertz CT molecular complexity index is 88.7. The van der Waals surface area contributed by atoms with E-state index < -0.39 is 13.4 Å². The minimum atomic E-state index is -5.12. The Kier molecular flexibility index (Phi) is 4.37. The molecule has 0 heterocycles. The van der Waals surface area contributed by atoms with Crippen LogP contribution in [0, 0.1) is 0 Å². The average Bonchev–Trinajstić information content (AvgIpc) is 0.722. The standard InChI is InChI=1S/2Mn.2H2O.2O/h;;2*1H2;;/q;+2;;;;/p-2.